The number of rotatable bonds is 28. The monoisotopic (exact) mass is 689 g/mol. The molecule has 0 N–H and O–H groups in total. The number of hydrogen-bond acceptors (Lipinski definition) is 4. The van der Waals surface area contributed by atoms with E-state index in [2.05, 4.69) is 34.6 Å². The summed E-state index contributed by atoms with van der Waals surface area (Å²) in [6.07, 6.45) is 27.3. The Labute approximate surface area is 300 Å². The first-order valence-electron chi connectivity index (χ1n) is 19.0. The molecule has 48 heavy (non-hydrogen) atoms. The minimum Gasteiger partial charge on any atom is -0.493 e. The summed E-state index contributed by atoms with van der Waals surface area (Å²) in [6, 6.07) is 22.3. The molecule has 0 fully saturated rings. The molecule has 3 aromatic carbocycles. The predicted octanol–water partition coefficient (Wildman–Crippen LogP) is 14.6. The largest absolute Gasteiger partial charge is 0.493 e. The Morgan fingerprint density at radius 2 is 1.06 bits per heavy atom. The normalized spacial score (nSPS) is 11.1. The zero-order valence-corrected chi connectivity index (χ0v) is 31.3. The van der Waals surface area contributed by atoms with Gasteiger partial charge in [-0.3, -0.25) is 0 Å². The third-order valence-corrected chi connectivity index (χ3v) is 11.6. The zero-order valence-electron chi connectivity index (χ0n) is 29.7. The number of nitrogens with zero attached hydrogens (tertiary/aromatic N) is 1. The predicted molar refractivity (Wildman–Crippen MR) is 210 cm³/mol. The fraction of sp³-hybridized carbons (Fsp3) is 0.558. The van der Waals surface area contributed by atoms with E-state index in [1.807, 2.05) is 36.4 Å². The highest BCUT2D eigenvalue weighted by atomic mass is 33.1. The van der Waals surface area contributed by atoms with Crippen molar-refractivity contribution in [2.45, 2.75) is 135 Å². The van der Waals surface area contributed by atoms with Gasteiger partial charge in [0, 0.05) is 22.6 Å². The van der Waals surface area contributed by atoms with Crippen LogP contribution in [0.2, 0.25) is 0 Å². The molecule has 0 unspecified atom stereocenters. The summed E-state index contributed by atoms with van der Waals surface area (Å²) < 4.78 is 21.3. The van der Waals surface area contributed by atoms with Gasteiger partial charge in [-0.1, -0.05) is 180 Å². The SMILES string of the molecule is CCCCCCCCCCCCSSCCCCCCCCCCCCOc1ccccc1-c1ccc(-c2ccc(C#N)cc2)c(F)c1. The van der Waals surface area contributed by atoms with Crippen molar-refractivity contribution in [3.63, 3.8) is 0 Å². The number of unbranched alkanes of at least 4 members (excludes halogenated alkanes) is 18. The van der Waals surface area contributed by atoms with Gasteiger partial charge in [0.25, 0.3) is 0 Å². The third-order valence-electron chi connectivity index (χ3n) is 9.04. The maximum absolute atomic E-state index is 15.1. The van der Waals surface area contributed by atoms with Crippen LogP contribution in [0.5, 0.6) is 5.75 Å². The molecular weight excluding hydrogens is 630 g/mol. The minimum absolute atomic E-state index is 0.282. The average Bonchev–Trinajstić information content (AvgIpc) is 3.12. The van der Waals surface area contributed by atoms with Crippen LogP contribution in [0.25, 0.3) is 22.3 Å². The summed E-state index contributed by atoms with van der Waals surface area (Å²) in [5.74, 6) is 3.17. The van der Waals surface area contributed by atoms with Crippen molar-refractivity contribution >= 4 is 21.6 Å². The van der Waals surface area contributed by atoms with E-state index in [1.54, 1.807) is 30.3 Å². The van der Waals surface area contributed by atoms with Gasteiger partial charge in [0.2, 0.25) is 0 Å². The Morgan fingerprint density at radius 1 is 0.562 bits per heavy atom. The lowest BCUT2D eigenvalue weighted by Gasteiger charge is -2.13. The van der Waals surface area contributed by atoms with Crippen molar-refractivity contribution in [2.75, 3.05) is 18.1 Å². The second-order valence-electron chi connectivity index (χ2n) is 13.1. The highest BCUT2D eigenvalue weighted by Gasteiger charge is 2.11. The lowest BCUT2D eigenvalue weighted by atomic mass is 9.98. The number of ether oxygens (including phenoxy) is 1. The van der Waals surface area contributed by atoms with Gasteiger partial charge in [-0.2, -0.15) is 5.26 Å². The van der Waals surface area contributed by atoms with Gasteiger partial charge in [-0.25, -0.2) is 4.39 Å². The molecule has 3 rings (SSSR count). The lowest BCUT2D eigenvalue weighted by molar-refractivity contribution is 0.305. The summed E-state index contributed by atoms with van der Waals surface area (Å²) in [4.78, 5) is 0. The average molecular weight is 690 g/mol. The smallest absolute Gasteiger partial charge is 0.131 e. The van der Waals surface area contributed by atoms with Crippen molar-refractivity contribution < 1.29 is 9.13 Å². The van der Waals surface area contributed by atoms with Crippen LogP contribution < -0.4 is 4.74 Å². The number of para-hydroxylation sites is 1. The standard InChI is InChI=1S/C43H60FNOS2/c1-2-3-4-5-6-7-11-14-17-22-33-47-48-34-23-18-15-12-9-8-10-13-16-21-32-46-43-25-20-19-24-41(43)39-30-31-40(42(44)35-39)38-28-26-37(36-45)27-29-38/h19-20,24-31,35H,2-18,21-23,32-34H2,1H3. The van der Waals surface area contributed by atoms with E-state index in [0.29, 0.717) is 17.7 Å². The van der Waals surface area contributed by atoms with Gasteiger partial charge in [0.05, 0.1) is 18.2 Å². The Hall–Kier alpha value is -2.42. The molecule has 0 saturated carbocycles. The number of benzene rings is 3. The lowest BCUT2D eigenvalue weighted by Crippen LogP contribution is -1.99. The molecule has 0 aliphatic rings. The Morgan fingerprint density at radius 3 is 1.60 bits per heavy atom. The van der Waals surface area contributed by atoms with Crippen molar-refractivity contribution in [2.24, 2.45) is 0 Å². The van der Waals surface area contributed by atoms with Gasteiger partial charge in [0.1, 0.15) is 11.6 Å². The van der Waals surface area contributed by atoms with E-state index in [0.717, 1.165) is 28.9 Å². The maximum atomic E-state index is 15.1. The molecule has 0 aliphatic heterocycles. The Bertz CT molecular complexity index is 1290. The third kappa shape index (κ3) is 16.8. The van der Waals surface area contributed by atoms with Crippen LogP contribution in [0, 0.1) is 17.1 Å². The Balaban J connectivity index is 1.14. The van der Waals surface area contributed by atoms with E-state index in [1.165, 1.54) is 134 Å². The summed E-state index contributed by atoms with van der Waals surface area (Å²) in [5, 5.41) is 9.03. The van der Waals surface area contributed by atoms with Crippen molar-refractivity contribution in [1.82, 2.24) is 0 Å². The molecule has 0 amide bonds. The van der Waals surface area contributed by atoms with Crippen molar-refractivity contribution in [1.29, 1.82) is 5.26 Å². The fourth-order valence-corrected chi connectivity index (χ4v) is 8.39. The number of nitriles is 1. The fourth-order valence-electron chi connectivity index (χ4n) is 6.10. The van der Waals surface area contributed by atoms with Crippen molar-refractivity contribution in [3.05, 3.63) is 78.1 Å². The Kier molecular flexibility index (Phi) is 22.0. The number of halogens is 1. The summed E-state index contributed by atoms with van der Waals surface area (Å²) in [6.45, 7) is 2.97. The molecule has 0 radical (unpaired) electrons. The van der Waals surface area contributed by atoms with Gasteiger partial charge in [-0.05, 0) is 54.7 Å². The van der Waals surface area contributed by atoms with Crippen LogP contribution in [-0.2, 0) is 0 Å². The first kappa shape index (κ1) is 40.0. The molecule has 0 heterocycles. The topological polar surface area (TPSA) is 33.0 Å². The van der Waals surface area contributed by atoms with E-state index >= 15 is 4.39 Å². The van der Waals surface area contributed by atoms with Gasteiger partial charge in [0.15, 0.2) is 0 Å². The van der Waals surface area contributed by atoms with E-state index < -0.39 is 0 Å². The molecule has 0 bridgehead atoms. The van der Waals surface area contributed by atoms with Gasteiger partial charge >= 0.3 is 0 Å². The van der Waals surface area contributed by atoms with E-state index in [4.69, 9.17) is 10.00 Å². The molecule has 3 aromatic rings. The highest BCUT2D eigenvalue weighted by molar-refractivity contribution is 8.76. The summed E-state index contributed by atoms with van der Waals surface area (Å²) >= 11 is 0. The van der Waals surface area contributed by atoms with Crippen LogP contribution >= 0.6 is 21.6 Å². The van der Waals surface area contributed by atoms with Gasteiger partial charge < -0.3 is 4.74 Å². The second kappa shape index (κ2) is 26.4. The van der Waals surface area contributed by atoms with E-state index in [9.17, 15) is 0 Å². The van der Waals surface area contributed by atoms with Crippen LogP contribution in [0.1, 0.15) is 141 Å². The number of hydrogen-bond donors (Lipinski definition) is 0. The molecule has 0 aliphatic carbocycles. The highest BCUT2D eigenvalue weighted by Crippen LogP contribution is 2.33. The first-order valence-corrected chi connectivity index (χ1v) is 21.5. The molecule has 0 atom stereocenters. The first-order chi connectivity index (χ1) is 23.7. The molecule has 0 saturated heterocycles. The summed E-state index contributed by atoms with van der Waals surface area (Å²) in [7, 11) is 4.20. The van der Waals surface area contributed by atoms with Crippen LogP contribution in [0.15, 0.2) is 66.7 Å². The van der Waals surface area contributed by atoms with Gasteiger partial charge in [-0.15, -0.1) is 0 Å². The molecular formula is C43H60FNOS2. The maximum Gasteiger partial charge on any atom is 0.131 e. The molecule has 0 aromatic heterocycles. The summed E-state index contributed by atoms with van der Waals surface area (Å²) in [5.41, 5.74) is 3.57. The molecule has 262 valence electrons. The van der Waals surface area contributed by atoms with Crippen LogP contribution in [0.3, 0.4) is 0 Å². The zero-order chi connectivity index (χ0) is 33.9. The molecule has 5 heteroatoms. The van der Waals surface area contributed by atoms with E-state index in [-0.39, 0.29) is 5.82 Å². The molecule has 2 nitrogen and oxygen atoms in total. The minimum atomic E-state index is -0.282. The van der Waals surface area contributed by atoms with Crippen LogP contribution in [-0.4, -0.2) is 18.1 Å². The van der Waals surface area contributed by atoms with Crippen LogP contribution in [0.4, 0.5) is 4.39 Å². The molecule has 0 spiro atoms. The quantitative estimate of drug-likeness (QED) is 0.0561. The van der Waals surface area contributed by atoms with Crippen molar-refractivity contribution in [3.8, 4) is 34.1 Å². The second-order valence-corrected chi connectivity index (χ2v) is 15.8.